The van der Waals surface area contributed by atoms with Crippen molar-refractivity contribution < 1.29 is 19.1 Å². The van der Waals surface area contributed by atoms with Crippen molar-refractivity contribution in [3.63, 3.8) is 0 Å². The molecule has 0 heterocycles. The highest BCUT2D eigenvalue weighted by Gasteiger charge is 2.37. The molecule has 1 saturated carbocycles. The largest absolute Gasteiger partial charge is 0.444 e. The number of nitrogens with one attached hydrogen (secondary N) is 2. The van der Waals surface area contributed by atoms with E-state index in [2.05, 4.69) is 16.7 Å². The van der Waals surface area contributed by atoms with Crippen LogP contribution in [-0.4, -0.2) is 47.0 Å². The van der Waals surface area contributed by atoms with Crippen LogP contribution in [0.2, 0.25) is 0 Å². The first-order valence-corrected chi connectivity index (χ1v) is 13.0. The molecule has 1 aromatic carbocycles. The van der Waals surface area contributed by atoms with E-state index in [1.54, 1.807) is 20.8 Å². The lowest BCUT2D eigenvalue weighted by Crippen LogP contribution is -2.54. The van der Waals surface area contributed by atoms with Gasteiger partial charge in [-0.2, -0.15) is 5.26 Å². The molecule has 0 aromatic heterocycles. The maximum atomic E-state index is 13.9. The minimum absolute atomic E-state index is 0.0446. The van der Waals surface area contributed by atoms with Gasteiger partial charge in [-0.3, -0.25) is 9.59 Å². The Morgan fingerprint density at radius 1 is 1.14 bits per heavy atom. The highest BCUT2D eigenvalue weighted by atomic mass is 16.6. The first kappa shape index (κ1) is 29.2. The summed E-state index contributed by atoms with van der Waals surface area (Å²) in [7, 11) is 0. The van der Waals surface area contributed by atoms with E-state index < -0.39 is 29.7 Å². The Morgan fingerprint density at radius 2 is 1.78 bits per heavy atom. The standard InChI is InChI=1S/C28H42N4O4/c1-19(2)18-23(31-27(35)36-28(4,5)6)26(34)32(17-16-29)24(22-15-11-10-12-20(22)3)25(33)30-21-13-8-7-9-14-21/h10-12,15,19,21,23-24H,7-9,13-14,17-18H2,1-6H3,(H,30,33)(H,31,35). The zero-order valence-corrected chi connectivity index (χ0v) is 22.6. The zero-order valence-electron chi connectivity index (χ0n) is 22.6. The molecule has 3 amide bonds. The van der Waals surface area contributed by atoms with E-state index in [1.807, 2.05) is 45.0 Å². The van der Waals surface area contributed by atoms with Gasteiger partial charge in [0.2, 0.25) is 11.8 Å². The van der Waals surface area contributed by atoms with Crippen LogP contribution in [0.4, 0.5) is 4.79 Å². The molecule has 2 rings (SSSR count). The number of hydrogen-bond donors (Lipinski definition) is 2. The molecule has 1 aromatic rings. The van der Waals surface area contributed by atoms with Crippen LogP contribution in [0.3, 0.4) is 0 Å². The topological polar surface area (TPSA) is 112 Å². The number of aryl methyl sites for hydroxylation is 1. The van der Waals surface area contributed by atoms with Crippen molar-refractivity contribution in [1.29, 1.82) is 5.26 Å². The molecule has 8 heteroatoms. The molecule has 0 saturated heterocycles. The summed E-state index contributed by atoms with van der Waals surface area (Å²) in [5, 5.41) is 15.5. The third-order valence-corrected chi connectivity index (χ3v) is 6.21. The number of nitriles is 1. The van der Waals surface area contributed by atoms with Crippen LogP contribution in [0.15, 0.2) is 24.3 Å². The Morgan fingerprint density at radius 3 is 2.33 bits per heavy atom. The van der Waals surface area contributed by atoms with Crippen LogP contribution >= 0.6 is 0 Å². The van der Waals surface area contributed by atoms with E-state index in [0.717, 1.165) is 37.7 Å². The van der Waals surface area contributed by atoms with Crippen LogP contribution in [0.25, 0.3) is 0 Å². The first-order chi connectivity index (χ1) is 16.9. The molecule has 0 bridgehead atoms. The van der Waals surface area contributed by atoms with Gasteiger partial charge >= 0.3 is 6.09 Å². The predicted molar refractivity (Wildman–Crippen MR) is 139 cm³/mol. The van der Waals surface area contributed by atoms with E-state index in [-0.39, 0.29) is 24.4 Å². The maximum absolute atomic E-state index is 13.9. The number of nitrogens with zero attached hydrogens (tertiary/aromatic N) is 2. The third-order valence-electron chi connectivity index (χ3n) is 6.21. The lowest BCUT2D eigenvalue weighted by Gasteiger charge is -2.35. The number of carbonyl (C=O) groups is 3. The second-order valence-electron chi connectivity index (χ2n) is 11.1. The van der Waals surface area contributed by atoms with Crippen molar-refractivity contribution in [3.8, 4) is 6.07 Å². The second-order valence-corrected chi connectivity index (χ2v) is 11.1. The summed E-state index contributed by atoms with van der Waals surface area (Å²) in [4.78, 5) is 41.5. The fourth-order valence-corrected chi connectivity index (χ4v) is 4.59. The second kappa shape index (κ2) is 13.3. The third kappa shape index (κ3) is 8.85. The summed E-state index contributed by atoms with van der Waals surface area (Å²) in [6, 6.07) is 7.56. The fraction of sp³-hybridized carbons (Fsp3) is 0.643. The molecule has 198 valence electrons. The molecule has 1 aliphatic rings. The quantitative estimate of drug-likeness (QED) is 0.476. The lowest BCUT2D eigenvalue weighted by atomic mass is 9.93. The fourth-order valence-electron chi connectivity index (χ4n) is 4.59. The van der Waals surface area contributed by atoms with Crippen LogP contribution in [-0.2, 0) is 14.3 Å². The lowest BCUT2D eigenvalue weighted by molar-refractivity contribution is -0.142. The zero-order chi connectivity index (χ0) is 26.9. The van der Waals surface area contributed by atoms with Gasteiger partial charge in [-0.05, 0) is 64.0 Å². The molecular formula is C28H42N4O4. The number of carbonyl (C=O) groups excluding carboxylic acids is 3. The Hall–Kier alpha value is -3.08. The van der Waals surface area contributed by atoms with Gasteiger partial charge in [0.25, 0.3) is 0 Å². The molecular weight excluding hydrogens is 456 g/mol. The Kier molecular flexibility index (Phi) is 10.8. The van der Waals surface area contributed by atoms with Gasteiger partial charge in [-0.25, -0.2) is 4.79 Å². The Balaban J connectivity index is 2.43. The van der Waals surface area contributed by atoms with Gasteiger partial charge in [0.1, 0.15) is 24.2 Å². The molecule has 0 spiro atoms. The maximum Gasteiger partial charge on any atom is 0.408 e. The Bertz CT molecular complexity index is 942. The molecule has 36 heavy (non-hydrogen) atoms. The summed E-state index contributed by atoms with van der Waals surface area (Å²) in [5.74, 6) is -0.714. The normalized spacial score (nSPS) is 15.9. The molecule has 2 atom stereocenters. The van der Waals surface area contributed by atoms with Crippen molar-refractivity contribution in [2.45, 2.75) is 104 Å². The number of hydrogen-bond acceptors (Lipinski definition) is 5. The molecule has 0 aliphatic heterocycles. The molecule has 1 aliphatic carbocycles. The predicted octanol–water partition coefficient (Wildman–Crippen LogP) is 4.78. The van der Waals surface area contributed by atoms with Crippen molar-refractivity contribution in [3.05, 3.63) is 35.4 Å². The average molecular weight is 499 g/mol. The van der Waals surface area contributed by atoms with E-state index in [1.165, 1.54) is 4.90 Å². The summed E-state index contributed by atoms with van der Waals surface area (Å²) in [6.45, 7) is 10.7. The molecule has 0 radical (unpaired) electrons. The SMILES string of the molecule is Cc1ccccc1C(C(=O)NC1CCCCC1)N(CC#N)C(=O)C(CC(C)C)NC(=O)OC(C)(C)C. The Labute approximate surface area is 215 Å². The number of ether oxygens (including phenoxy) is 1. The minimum Gasteiger partial charge on any atom is -0.444 e. The molecule has 1 fully saturated rings. The van der Waals surface area contributed by atoms with Gasteiger partial charge in [0, 0.05) is 6.04 Å². The number of amides is 3. The molecule has 8 nitrogen and oxygen atoms in total. The average Bonchev–Trinajstić information content (AvgIpc) is 2.78. The van der Waals surface area contributed by atoms with Crippen LogP contribution in [0.1, 0.15) is 90.3 Å². The van der Waals surface area contributed by atoms with Gasteiger partial charge in [0.05, 0.1) is 6.07 Å². The van der Waals surface area contributed by atoms with Gasteiger partial charge in [-0.15, -0.1) is 0 Å². The van der Waals surface area contributed by atoms with Gasteiger partial charge < -0.3 is 20.3 Å². The van der Waals surface area contributed by atoms with Gasteiger partial charge in [0.15, 0.2) is 0 Å². The summed E-state index contributed by atoms with van der Waals surface area (Å²) in [5.41, 5.74) is 0.776. The van der Waals surface area contributed by atoms with E-state index >= 15 is 0 Å². The van der Waals surface area contributed by atoms with Crippen molar-refractivity contribution in [1.82, 2.24) is 15.5 Å². The number of alkyl carbamates (subject to hydrolysis) is 1. The van der Waals surface area contributed by atoms with E-state index in [4.69, 9.17) is 4.74 Å². The van der Waals surface area contributed by atoms with Crippen LogP contribution in [0.5, 0.6) is 0 Å². The summed E-state index contributed by atoms with van der Waals surface area (Å²) < 4.78 is 5.39. The van der Waals surface area contributed by atoms with Crippen molar-refractivity contribution in [2.24, 2.45) is 5.92 Å². The van der Waals surface area contributed by atoms with Crippen LogP contribution < -0.4 is 10.6 Å². The van der Waals surface area contributed by atoms with Crippen LogP contribution in [0, 0.1) is 24.2 Å². The summed E-state index contributed by atoms with van der Waals surface area (Å²) in [6.07, 6.45) is 4.68. The van der Waals surface area contributed by atoms with E-state index in [0.29, 0.717) is 12.0 Å². The monoisotopic (exact) mass is 498 g/mol. The number of rotatable bonds is 9. The van der Waals surface area contributed by atoms with Gasteiger partial charge in [-0.1, -0.05) is 57.4 Å². The molecule has 2 unspecified atom stereocenters. The number of benzene rings is 1. The highest BCUT2D eigenvalue weighted by molar-refractivity contribution is 5.92. The summed E-state index contributed by atoms with van der Waals surface area (Å²) >= 11 is 0. The molecule has 2 N–H and O–H groups in total. The highest BCUT2D eigenvalue weighted by Crippen LogP contribution is 2.27. The van der Waals surface area contributed by atoms with Crippen molar-refractivity contribution >= 4 is 17.9 Å². The minimum atomic E-state index is -0.990. The first-order valence-electron chi connectivity index (χ1n) is 13.0. The smallest absolute Gasteiger partial charge is 0.408 e. The van der Waals surface area contributed by atoms with E-state index in [9.17, 15) is 19.6 Å². The van der Waals surface area contributed by atoms with Crippen molar-refractivity contribution in [2.75, 3.05) is 6.54 Å².